The van der Waals surface area contributed by atoms with Crippen molar-refractivity contribution in [3.8, 4) is 10.7 Å². The largest absolute Gasteiger partial charge is 0.351 e. The van der Waals surface area contributed by atoms with E-state index in [-0.39, 0.29) is 11.2 Å². The molecule has 0 aliphatic carbocycles. The molecule has 2 N–H and O–H groups in total. The molecule has 1 atom stereocenters. The van der Waals surface area contributed by atoms with Gasteiger partial charge < -0.3 is 5.32 Å². The molecule has 0 aliphatic heterocycles. The number of H-pyrrole nitrogens is 1. The number of benzene rings is 1. The van der Waals surface area contributed by atoms with E-state index in [0.717, 1.165) is 16.3 Å². The van der Waals surface area contributed by atoms with Crippen LogP contribution in [-0.4, -0.2) is 26.3 Å². The highest BCUT2D eigenvalue weighted by Crippen LogP contribution is 2.25. The van der Waals surface area contributed by atoms with Gasteiger partial charge in [-0.15, -0.1) is 16.4 Å². The first-order valence-corrected chi connectivity index (χ1v) is 9.34. The number of carbonyl (C=O) groups excluding carboxylic acids is 1. The van der Waals surface area contributed by atoms with Gasteiger partial charge in [0.2, 0.25) is 11.1 Å². The molecule has 0 saturated carbocycles. The first kappa shape index (κ1) is 16.7. The maximum Gasteiger partial charge on any atom is 0.233 e. The summed E-state index contributed by atoms with van der Waals surface area (Å²) in [6.45, 7) is 4.43. The molecule has 0 saturated heterocycles. The summed E-state index contributed by atoms with van der Waals surface area (Å²) in [7, 11) is 0. The van der Waals surface area contributed by atoms with Crippen LogP contribution in [0.25, 0.3) is 10.7 Å². The summed E-state index contributed by atoms with van der Waals surface area (Å²) in [6.07, 6.45) is 0. The number of thioether (sulfide) groups is 1. The number of hydrogen-bond donors (Lipinski definition) is 2. The minimum Gasteiger partial charge on any atom is -0.351 e. The molecule has 0 fully saturated rings. The van der Waals surface area contributed by atoms with Gasteiger partial charge in [0, 0.05) is 6.54 Å². The van der Waals surface area contributed by atoms with Gasteiger partial charge in [0.1, 0.15) is 0 Å². The summed E-state index contributed by atoms with van der Waals surface area (Å²) in [5.74, 6) is 0.711. The van der Waals surface area contributed by atoms with Gasteiger partial charge in [-0.25, -0.2) is 4.98 Å². The third kappa shape index (κ3) is 4.24. The van der Waals surface area contributed by atoms with E-state index in [9.17, 15) is 4.79 Å². The molecule has 24 heavy (non-hydrogen) atoms. The van der Waals surface area contributed by atoms with E-state index in [2.05, 4.69) is 20.5 Å². The number of hydrogen-bond acceptors (Lipinski definition) is 5. The molecule has 0 radical (unpaired) electrons. The quantitative estimate of drug-likeness (QED) is 0.660. The van der Waals surface area contributed by atoms with E-state index < -0.39 is 0 Å². The van der Waals surface area contributed by atoms with Crippen molar-refractivity contribution < 1.29 is 4.79 Å². The smallest absolute Gasteiger partial charge is 0.233 e. The van der Waals surface area contributed by atoms with E-state index >= 15 is 0 Å². The van der Waals surface area contributed by atoms with Crippen LogP contribution < -0.4 is 5.32 Å². The number of aryl methyl sites for hydroxylation is 1. The standard InChI is InChI=1S/C17H18N4OS2/c1-11-5-7-13(8-6-11)10-18-16(22)12(2)24-17-19-15(20-21-17)14-4-3-9-23-14/h3-9,12H,10H2,1-2H3,(H,18,22)(H,19,20,21)/t12-/m0/s1. The van der Waals surface area contributed by atoms with Crippen molar-refractivity contribution in [2.75, 3.05) is 0 Å². The molecular weight excluding hydrogens is 340 g/mol. The Morgan fingerprint density at radius 1 is 1.33 bits per heavy atom. The monoisotopic (exact) mass is 358 g/mol. The van der Waals surface area contributed by atoms with Gasteiger partial charge in [-0.2, -0.15) is 0 Å². The highest BCUT2D eigenvalue weighted by molar-refractivity contribution is 8.00. The van der Waals surface area contributed by atoms with Crippen molar-refractivity contribution in [1.29, 1.82) is 0 Å². The fraction of sp³-hybridized carbons (Fsp3) is 0.235. The van der Waals surface area contributed by atoms with Crippen LogP contribution in [0.4, 0.5) is 0 Å². The van der Waals surface area contributed by atoms with Crippen molar-refractivity contribution in [2.24, 2.45) is 0 Å². The molecule has 5 nitrogen and oxygen atoms in total. The van der Waals surface area contributed by atoms with Gasteiger partial charge in [0.25, 0.3) is 0 Å². The second-order valence-corrected chi connectivity index (χ2v) is 7.66. The number of aromatic nitrogens is 3. The normalized spacial score (nSPS) is 12.1. The highest BCUT2D eigenvalue weighted by atomic mass is 32.2. The number of rotatable bonds is 6. The van der Waals surface area contributed by atoms with Crippen LogP contribution in [0.2, 0.25) is 0 Å². The molecule has 0 aliphatic rings. The lowest BCUT2D eigenvalue weighted by Crippen LogP contribution is -2.30. The number of nitrogens with one attached hydrogen (secondary N) is 2. The molecular formula is C17H18N4OS2. The summed E-state index contributed by atoms with van der Waals surface area (Å²) < 4.78 is 0. The molecule has 1 amide bonds. The first-order chi connectivity index (χ1) is 11.6. The van der Waals surface area contributed by atoms with E-state index in [1.54, 1.807) is 11.3 Å². The first-order valence-electron chi connectivity index (χ1n) is 7.58. The van der Waals surface area contributed by atoms with Crippen molar-refractivity contribution in [3.05, 3.63) is 52.9 Å². The zero-order valence-corrected chi connectivity index (χ0v) is 15.1. The molecule has 0 bridgehead atoms. The zero-order chi connectivity index (χ0) is 16.9. The average molecular weight is 358 g/mol. The van der Waals surface area contributed by atoms with E-state index in [0.29, 0.717) is 11.7 Å². The van der Waals surface area contributed by atoms with Crippen LogP contribution in [0.1, 0.15) is 18.1 Å². The van der Waals surface area contributed by atoms with Gasteiger partial charge in [-0.1, -0.05) is 47.7 Å². The van der Waals surface area contributed by atoms with Crippen LogP contribution in [-0.2, 0) is 11.3 Å². The lowest BCUT2D eigenvalue weighted by Gasteiger charge is -2.10. The lowest BCUT2D eigenvalue weighted by atomic mass is 10.1. The summed E-state index contributed by atoms with van der Waals surface area (Å²) in [6, 6.07) is 12.1. The Kier molecular flexibility index (Phi) is 5.32. The SMILES string of the molecule is Cc1ccc(CNC(=O)[C@H](C)Sc2n[nH]c(-c3cccs3)n2)cc1. The van der Waals surface area contributed by atoms with Crippen LogP contribution in [0.3, 0.4) is 0 Å². The molecule has 3 aromatic rings. The van der Waals surface area contributed by atoms with Crippen LogP contribution >= 0.6 is 23.1 Å². The van der Waals surface area contributed by atoms with Crippen molar-refractivity contribution in [2.45, 2.75) is 30.8 Å². The topological polar surface area (TPSA) is 70.7 Å². The zero-order valence-electron chi connectivity index (χ0n) is 13.4. The van der Waals surface area contributed by atoms with E-state index in [1.807, 2.05) is 55.6 Å². The predicted molar refractivity (Wildman–Crippen MR) is 98.0 cm³/mol. The Labute approximate surface area is 148 Å². The molecule has 0 spiro atoms. The summed E-state index contributed by atoms with van der Waals surface area (Å²) in [5.41, 5.74) is 2.30. The molecule has 7 heteroatoms. The third-order valence-corrected chi connectivity index (χ3v) is 5.30. The number of thiophene rings is 1. The van der Waals surface area contributed by atoms with Gasteiger partial charge in [0.15, 0.2) is 5.82 Å². The van der Waals surface area contributed by atoms with Crippen LogP contribution in [0, 0.1) is 6.92 Å². The van der Waals surface area contributed by atoms with Gasteiger partial charge in [-0.05, 0) is 30.9 Å². The van der Waals surface area contributed by atoms with Crippen molar-refractivity contribution in [3.63, 3.8) is 0 Å². The van der Waals surface area contributed by atoms with Crippen LogP contribution in [0.15, 0.2) is 46.9 Å². The predicted octanol–water partition coefficient (Wildman–Crippen LogP) is 3.64. The lowest BCUT2D eigenvalue weighted by molar-refractivity contribution is -0.120. The molecule has 1 aromatic carbocycles. The molecule has 2 heterocycles. The second kappa shape index (κ2) is 7.63. The summed E-state index contributed by atoms with van der Waals surface area (Å²) in [5, 5.41) is 12.3. The molecule has 124 valence electrons. The van der Waals surface area contributed by atoms with Gasteiger partial charge in [-0.3, -0.25) is 9.89 Å². The fourth-order valence-corrected chi connectivity index (χ4v) is 3.49. The second-order valence-electron chi connectivity index (χ2n) is 5.41. The van der Waals surface area contributed by atoms with Crippen molar-refractivity contribution >= 4 is 29.0 Å². The molecule has 0 unspecified atom stereocenters. The Hall–Kier alpha value is -2.12. The fourth-order valence-electron chi connectivity index (χ4n) is 2.07. The molecule has 2 aromatic heterocycles. The van der Waals surface area contributed by atoms with E-state index in [4.69, 9.17) is 0 Å². The minimum atomic E-state index is -0.262. The summed E-state index contributed by atoms with van der Waals surface area (Å²) in [4.78, 5) is 17.7. The average Bonchev–Trinajstić information content (AvgIpc) is 3.25. The summed E-state index contributed by atoms with van der Waals surface area (Å²) >= 11 is 2.95. The van der Waals surface area contributed by atoms with Gasteiger partial charge >= 0.3 is 0 Å². The number of amides is 1. The maximum atomic E-state index is 12.2. The van der Waals surface area contributed by atoms with E-state index in [1.165, 1.54) is 17.3 Å². The third-order valence-electron chi connectivity index (χ3n) is 3.46. The number of nitrogens with zero attached hydrogens (tertiary/aromatic N) is 2. The Bertz CT molecular complexity index is 796. The Morgan fingerprint density at radius 2 is 2.12 bits per heavy atom. The Balaban J connectivity index is 1.53. The Morgan fingerprint density at radius 3 is 2.83 bits per heavy atom. The maximum absolute atomic E-state index is 12.2. The number of aromatic amines is 1. The molecule has 3 rings (SSSR count). The van der Waals surface area contributed by atoms with Crippen molar-refractivity contribution in [1.82, 2.24) is 20.5 Å². The minimum absolute atomic E-state index is 0.0250. The highest BCUT2D eigenvalue weighted by Gasteiger charge is 2.17. The van der Waals surface area contributed by atoms with Gasteiger partial charge in [0.05, 0.1) is 10.1 Å². The van der Waals surface area contributed by atoms with Crippen LogP contribution in [0.5, 0.6) is 0 Å². The number of carbonyl (C=O) groups is 1.